The molecule has 1 rings (SSSR count). The molecular formula is C15H25ClN2O2. The van der Waals surface area contributed by atoms with Gasteiger partial charge in [0.15, 0.2) is 0 Å². The van der Waals surface area contributed by atoms with E-state index in [1.54, 1.807) is 7.11 Å². The standard InChI is InChI=1S/C15H24N2O2.ClH/c1-3-4-5-14(10-16)17-15(18)13-8-6-12(7-9-13)11-19-2;/h6-9,14H,3-5,10-11,16H2,1-2H3,(H,17,18);1H. The number of amides is 1. The molecule has 1 amide bonds. The van der Waals surface area contributed by atoms with E-state index in [0.717, 1.165) is 24.8 Å². The third kappa shape index (κ3) is 6.37. The molecule has 0 aliphatic heterocycles. The number of nitrogens with two attached hydrogens (primary N) is 1. The third-order valence-corrected chi connectivity index (χ3v) is 3.05. The Balaban J connectivity index is 0.00000361. The highest BCUT2D eigenvalue weighted by Crippen LogP contribution is 2.07. The zero-order valence-corrected chi connectivity index (χ0v) is 13.0. The lowest BCUT2D eigenvalue weighted by molar-refractivity contribution is 0.0935. The second-order valence-corrected chi connectivity index (χ2v) is 4.68. The predicted octanol–water partition coefficient (Wildman–Crippen LogP) is 2.50. The normalized spacial score (nSPS) is 11.6. The molecule has 5 heteroatoms. The number of ether oxygens (including phenoxy) is 1. The third-order valence-electron chi connectivity index (χ3n) is 3.05. The Morgan fingerprint density at radius 3 is 2.50 bits per heavy atom. The van der Waals surface area contributed by atoms with Gasteiger partial charge in [-0.25, -0.2) is 0 Å². The summed E-state index contributed by atoms with van der Waals surface area (Å²) < 4.78 is 5.04. The fraction of sp³-hybridized carbons (Fsp3) is 0.533. The summed E-state index contributed by atoms with van der Waals surface area (Å²) >= 11 is 0. The maximum absolute atomic E-state index is 12.0. The topological polar surface area (TPSA) is 64.3 Å². The van der Waals surface area contributed by atoms with Crippen molar-refractivity contribution in [3.63, 3.8) is 0 Å². The molecule has 0 spiro atoms. The van der Waals surface area contributed by atoms with Crippen LogP contribution in [0.5, 0.6) is 0 Å². The fourth-order valence-electron chi connectivity index (χ4n) is 1.89. The van der Waals surface area contributed by atoms with Crippen LogP contribution >= 0.6 is 12.4 Å². The van der Waals surface area contributed by atoms with Gasteiger partial charge in [0.2, 0.25) is 0 Å². The molecule has 20 heavy (non-hydrogen) atoms. The Labute approximate surface area is 127 Å². The Morgan fingerprint density at radius 2 is 2.00 bits per heavy atom. The van der Waals surface area contributed by atoms with Crippen molar-refractivity contribution in [2.45, 2.75) is 38.8 Å². The van der Waals surface area contributed by atoms with Gasteiger partial charge < -0.3 is 15.8 Å². The van der Waals surface area contributed by atoms with Gasteiger partial charge >= 0.3 is 0 Å². The van der Waals surface area contributed by atoms with Gasteiger partial charge in [0.25, 0.3) is 5.91 Å². The first kappa shape index (κ1) is 18.9. The summed E-state index contributed by atoms with van der Waals surface area (Å²) in [6, 6.07) is 7.50. The summed E-state index contributed by atoms with van der Waals surface area (Å²) in [5.74, 6) is -0.0597. The van der Waals surface area contributed by atoms with Crippen molar-refractivity contribution in [3.8, 4) is 0 Å². The maximum Gasteiger partial charge on any atom is 0.251 e. The lowest BCUT2D eigenvalue weighted by Gasteiger charge is -2.16. The molecule has 3 N–H and O–H groups in total. The number of hydrogen-bond donors (Lipinski definition) is 2. The van der Waals surface area contributed by atoms with E-state index in [0.29, 0.717) is 18.7 Å². The minimum absolute atomic E-state index is 0. The van der Waals surface area contributed by atoms with E-state index in [1.807, 2.05) is 24.3 Å². The minimum atomic E-state index is -0.0597. The Hall–Kier alpha value is -1.10. The molecule has 1 aromatic carbocycles. The largest absolute Gasteiger partial charge is 0.380 e. The highest BCUT2D eigenvalue weighted by molar-refractivity contribution is 5.94. The maximum atomic E-state index is 12.0. The van der Waals surface area contributed by atoms with E-state index in [9.17, 15) is 4.79 Å². The molecule has 0 heterocycles. The molecule has 0 aliphatic rings. The average molecular weight is 301 g/mol. The van der Waals surface area contributed by atoms with E-state index in [2.05, 4.69) is 12.2 Å². The van der Waals surface area contributed by atoms with Gasteiger partial charge in [-0.1, -0.05) is 31.9 Å². The van der Waals surface area contributed by atoms with Crippen LogP contribution in [-0.4, -0.2) is 25.6 Å². The summed E-state index contributed by atoms with van der Waals surface area (Å²) in [6.45, 7) is 3.17. The Morgan fingerprint density at radius 1 is 1.35 bits per heavy atom. The number of hydrogen-bond acceptors (Lipinski definition) is 3. The highest BCUT2D eigenvalue weighted by atomic mass is 35.5. The molecule has 4 nitrogen and oxygen atoms in total. The van der Waals surface area contributed by atoms with E-state index >= 15 is 0 Å². The molecule has 0 aromatic heterocycles. The molecule has 0 bridgehead atoms. The minimum Gasteiger partial charge on any atom is -0.380 e. The van der Waals surface area contributed by atoms with Crippen molar-refractivity contribution < 1.29 is 9.53 Å². The van der Waals surface area contributed by atoms with Gasteiger partial charge in [-0.15, -0.1) is 12.4 Å². The van der Waals surface area contributed by atoms with E-state index in [4.69, 9.17) is 10.5 Å². The molecule has 1 unspecified atom stereocenters. The summed E-state index contributed by atoms with van der Waals surface area (Å²) in [4.78, 5) is 12.0. The van der Waals surface area contributed by atoms with Gasteiger partial charge in [0.1, 0.15) is 0 Å². The summed E-state index contributed by atoms with van der Waals surface area (Å²) in [5, 5.41) is 2.97. The molecule has 1 atom stereocenters. The molecule has 0 saturated heterocycles. The second-order valence-electron chi connectivity index (χ2n) is 4.68. The fourth-order valence-corrected chi connectivity index (χ4v) is 1.89. The van der Waals surface area contributed by atoms with Crippen molar-refractivity contribution >= 4 is 18.3 Å². The predicted molar refractivity (Wildman–Crippen MR) is 84.2 cm³/mol. The zero-order chi connectivity index (χ0) is 14.1. The quantitative estimate of drug-likeness (QED) is 0.775. The lowest BCUT2D eigenvalue weighted by atomic mass is 10.1. The number of rotatable bonds is 8. The zero-order valence-electron chi connectivity index (χ0n) is 12.2. The number of carbonyl (C=O) groups is 1. The van der Waals surface area contributed by atoms with Crippen molar-refractivity contribution in [3.05, 3.63) is 35.4 Å². The van der Waals surface area contributed by atoms with Crippen LogP contribution in [0.1, 0.15) is 42.1 Å². The Kier molecular flexibility index (Phi) is 10.1. The molecule has 0 aliphatic carbocycles. The van der Waals surface area contributed by atoms with E-state index < -0.39 is 0 Å². The van der Waals surface area contributed by atoms with Crippen LogP contribution in [0.15, 0.2) is 24.3 Å². The number of methoxy groups -OCH3 is 1. The van der Waals surface area contributed by atoms with Gasteiger partial charge in [-0.2, -0.15) is 0 Å². The second kappa shape index (κ2) is 10.7. The van der Waals surface area contributed by atoms with Crippen LogP contribution in [0, 0.1) is 0 Å². The number of halogens is 1. The molecule has 0 fully saturated rings. The van der Waals surface area contributed by atoms with E-state index in [-0.39, 0.29) is 24.4 Å². The molecule has 0 radical (unpaired) electrons. The number of nitrogens with one attached hydrogen (secondary N) is 1. The van der Waals surface area contributed by atoms with Gasteiger partial charge in [0.05, 0.1) is 6.61 Å². The SMILES string of the molecule is CCCCC(CN)NC(=O)c1ccc(COC)cc1.Cl. The molecule has 0 saturated carbocycles. The molecule has 1 aromatic rings. The Bertz CT molecular complexity index is 382. The van der Waals surface area contributed by atoms with Crippen LogP contribution in [0.25, 0.3) is 0 Å². The first-order chi connectivity index (χ1) is 9.21. The van der Waals surface area contributed by atoms with Crippen LogP contribution in [0.4, 0.5) is 0 Å². The van der Waals surface area contributed by atoms with Gasteiger partial charge in [-0.05, 0) is 24.1 Å². The van der Waals surface area contributed by atoms with Crippen LogP contribution in [0.2, 0.25) is 0 Å². The number of benzene rings is 1. The number of unbranched alkanes of at least 4 members (excludes halogenated alkanes) is 1. The monoisotopic (exact) mass is 300 g/mol. The van der Waals surface area contributed by atoms with E-state index in [1.165, 1.54) is 0 Å². The molecule has 114 valence electrons. The van der Waals surface area contributed by atoms with Crippen molar-refractivity contribution in [1.82, 2.24) is 5.32 Å². The van der Waals surface area contributed by atoms with Gasteiger partial charge in [-0.3, -0.25) is 4.79 Å². The summed E-state index contributed by atoms with van der Waals surface area (Å²) in [6.07, 6.45) is 3.12. The van der Waals surface area contributed by atoms with Gasteiger partial charge in [0, 0.05) is 25.3 Å². The van der Waals surface area contributed by atoms with Crippen LogP contribution in [0.3, 0.4) is 0 Å². The first-order valence-corrected chi connectivity index (χ1v) is 6.80. The summed E-state index contributed by atoms with van der Waals surface area (Å²) in [7, 11) is 1.65. The summed E-state index contributed by atoms with van der Waals surface area (Å²) in [5.41, 5.74) is 7.39. The molecular weight excluding hydrogens is 276 g/mol. The van der Waals surface area contributed by atoms with Crippen LogP contribution in [-0.2, 0) is 11.3 Å². The van der Waals surface area contributed by atoms with Crippen molar-refractivity contribution in [2.75, 3.05) is 13.7 Å². The first-order valence-electron chi connectivity index (χ1n) is 6.80. The van der Waals surface area contributed by atoms with Crippen molar-refractivity contribution in [2.24, 2.45) is 5.73 Å². The van der Waals surface area contributed by atoms with Crippen LogP contribution < -0.4 is 11.1 Å². The smallest absolute Gasteiger partial charge is 0.251 e. The number of carbonyl (C=O) groups excluding carboxylic acids is 1. The average Bonchev–Trinajstić information content (AvgIpc) is 2.44. The highest BCUT2D eigenvalue weighted by Gasteiger charge is 2.11. The lowest BCUT2D eigenvalue weighted by Crippen LogP contribution is -2.40. The van der Waals surface area contributed by atoms with Crippen molar-refractivity contribution in [1.29, 1.82) is 0 Å².